The molecule has 0 radical (unpaired) electrons. The molecule has 0 unspecified atom stereocenters. The first-order chi connectivity index (χ1) is 12.9. The summed E-state index contributed by atoms with van der Waals surface area (Å²) in [6.45, 7) is 6.82. The van der Waals surface area contributed by atoms with Gasteiger partial charge in [0.1, 0.15) is 0 Å². The molecule has 3 aromatic rings. The normalized spacial score (nSPS) is 10.4. The lowest BCUT2D eigenvalue weighted by molar-refractivity contribution is 0.0601. The number of nitrogens with two attached hydrogens (primary N) is 1. The van der Waals surface area contributed by atoms with E-state index in [9.17, 15) is 4.79 Å². The van der Waals surface area contributed by atoms with Crippen molar-refractivity contribution in [3.63, 3.8) is 0 Å². The van der Waals surface area contributed by atoms with Crippen LogP contribution in [0.4, 0.5) is 0 Å². The Hall–Kier alpha value is -2.14. The molecule has 0 aliphatic carbocycles. The molecule has 2 N–H and O–H groups in total. The molecule has 3 rings (SSSR count). The third kappa shape index (κ3) is 5.27. The Balaban J connectivity index is 0.00000210. The lowest BCUT2D eigenvalue weighted by Gasteiger charge is -2.18. The Bertz CT molecular complexity index is 986. The van der Waals surface area contributed by atoms with Gasteiger partial charge >= 0.3 is 5.97 Å². The molecule has 0 spiro atoms. The van der Waals surface area contributed by atoms with Crippen molar-refractivity contribution < 1.29 is 9.53 Å². The fraction of sp³-hybridized carbons (Fsp3) is 0.304. The number of carbonyl (C=O) groups is 1. The van der Waals surface area contributed by atoms with Crippen molar-refractivity contribution in [1.82, 2.24) is 4.98 Å². The van der Waals surface area contributed by atoms with Gasteiger partial charge in [-0.1, -0.05) is 43.7 Å². The van der Waals surface area contributed by atoms with Crippen molar-refractivity contribution in [3.8, 4) is 11.1 Å². The van der Waals surface area contributed by atoms with E-state index in [4.69, 9.17) is 15.5 Å². The first-order valence-corrected chi connectivity index (χ1v) is 9.25. The summed E-state index contributed by atoms with van der Waals surface area (Å²) in [5, 5.41) is 0.926. The number of hydrogen-bond donors (Lipinski definition) is 1. The zero-order valence-electron chi connectivity index (χ0n) is 17.2. The third-order valence-corrected chi connectivity index (χ3v) is 4.74. The largest absolute Gasteiger partial charge is 0.465 e. The van der Waals surface area contributed by atoms with Gasteiger partial charge in [-0.05, 0) is 54.2 Å². The Morgan fingerprint density at radius 2 is 1.76 bits per heavy atom. The molecule has 2 aromatic carbocycles. The molecule has 4 nitrogen and oxygen atoms in total. The third-order valence-electron chi connectivity index (χ3n) is 4.74. The number of nitrogens with zero attached hydrogens (tertiary/aromatic N) is 1. The van der Waals surface area contributed by atoms with Crippen molar-refractivity contribution in [1.29, 1.82) is 0 Å². The predicted octanol–water partition coefficient (Wildman–Crippen LogP) is 5.50. The number of aryl methyl sites for hydroxylation is 1. The molecule has 156 valence electrons. The minimum Gasteiger partial charge on any atom is -0.465 e. The summed E-state index contributed by atoms with van der Waals surface area (Å²) in [5.41, 5.74) is 13.0. The number of ether oxygens (including phenoxy) is 1. The first kappa shape index (κ1) is 24.9. The van der Waals surface area contributed by atoms with Crippen molar-refractivity contribution in [3.05, 3.63) is 64.8 Å². The number of rotatable bonds is 5. The van der Waals surface area contributed by atoms with Crippen molar-refractivity contribution in [2.45, 2.75) is 33.7 Å². The molecule has 0 saturated heterocycles. The summed E-state index contributed by atoms with van der Waals surface area (Å²) in [7, 11) is 1.39. The van der Waals surface area contributed by atoms with E-state index in [1.54, 1.807) is 6.07 Å². The van der Waals surface area contributed by atoms with Gasteiger partial charge in [-0.15, -0.1) is 24.8 Å². The first-order valence-electron chi connectivity index (χ1n) is 9.25. The summed E-state index contributed by atoms with van der Waals surface area (Å²) in [6.07, 6.45) is 0.861. The van der Waals surface area contributed by atoms with Gasteiger partial charge in [-0.2, -0.15) is 0 Å². The number of benzene rings is 2. The fourth-order valence-corrected chi connectivity index (χ4v) is 3.42. The number of pyridine rings is 1. The molecule has 6 heteroatoms. The van der Waals surface area contributed by atoms with Gasteiger partial charge in [0.05, 0.1) is 18.2 Å². The number of halogens is 2. The molecular formula is C23H28Cl2N2O2. The van der Waals surface area contributed by atoms with E-state index in [2.05, 4.69) is 45.0 Å². The standard InChI is InChI=1S/C23H26N2O2.2ClH/c1-14(2)11-21-19(13-24)22(16-7-5-15(3)6-8-16)18-12-17(23(26)27-4)9-10-20(18)25-21;;/h5-10,12,14H,11,13,24H2,1-4H3;2*1H. The van der Waals surface area contributed by atoms with Gasteiger partial charge in [0.2, 0.25) is 0 Å². The van der Waals surface area contributed by atoms with E-state index in [0.29, 0.717) is 18.0 Å². The van der Waals surface area contributed by atoms with E-state index in [1.165, 1.54) is 12.7 Å². The van der Waals surface area contributed by atoms with Gasteiger partial charge in [-0.3, -0.25) is 4.98 Å². The maximum absolute atomic E-state index is 12.0. The van der Waals surface area contributed by atoms with Gasteiger partial charge in [0.25, 0.3) is 0 Å². The summed E-state index contributed by atoms with van der Waals surface area (Å²) in [4.78, 5) is 16.9. The SMILES string of the molecule is COC(=O)c1ccc2nc(CC(C)C)c(CN)c(-c3ccc(C)cc3)c2c1.Cl.Cl. The number of esters is 1. The average molecular weight is 435 g/mol. The van der Waals surface area contributed by atoms with Crippen LogP contribution in [0.3, 0.4) is 0 Å². The maximum atomic E-state index is 12.0. The van der Waals surface area contributed by atoms with E-state index >= 15 is 0 Å². The summed E-state index contributed by atoms with van der Waals surface area (Å²) >= 11 is 0. The second-order valence-electron chi connectivity index (χ2n) is 7.30. The Kier molecular flexibility index (Phi) is 9.09. The molecule has 0 saturated carbocycles. The number of aromatic nitrogens is 1. The second-order valence-corrected chi connectivity index (χ2v) is 7.30. The van der Waals surface area contributed by atoms with Crippen LogP contribution in [0.2, 0.25) is 0 Å². The van der Waals surface area contributed by atoms with Crippen LogP contribution in [0.15, 0.2) is 42.5 Å². The van der Waals surface area contributed by atoms with Crippen LogP contribution in [0.25, 0.3) is 22.0 Å². The lowest BCUT2D eigenvalue weighted by Crippen LogP contribution is -2.10. The van der Waals surface area contributed by atoms with Crippen LogP contribution in [-0.2, 0) is 17.7 Å². The highest BCUT2D eigenvalue weighted by Crippen LogP contribution is 2.34. The highest BCUT2D eigenvalue weighted by Gasteiger charge is 2.18. The molecule has 0 amide bonds. The highest BCUT2D eigenvalue weighted by molar-refractivity contribution is 6.01. The smallest absolute Gasteiger partial charge is 0.337 e. The Morgan fingerprint density at radius 1 is 1.10 bits per heavy atom. The summed E-state index contributed by atoms with van der Waals surface area (Å²) < 4.78 is 4.90. The number of carbonyl (C=O) groups excluding carboxylic acids is 1. The van der Waals surface area contributed by atoms with Gasteiger partial charge in [0, 0.05) is 17.6 Å². The highest BCUT2D eigenvalue weighted by atomic mass is 35.5. The molecule has 0 atom stereocenters. The zero-order valence-corrected chi connectivity index (χ0v) is 18.8. The van der Waals surface area contributed by atoms with E-state index in [0.717, 1.165) is 39.7 Å². The second kappa shape index (κ2) is 10.6. The van der Waals surface area contributed by atoms with Crippen molar-refractivity contribution in [2.24, 2.45) is 11.7 Å². The van der Waals surface area contributed by atoms with E-state index in [-0.39, 0.29) is 30.8 Å². The van der Waals surface area contributed by atoms with Crippen LogP contribution in [0.1, 0.15) is 41.0 Å². The van der Waals surface area contributed by atoms with Crippen molar-refractivity contribution >= 4 is 41.7 Å². The van der Waals surface area contributed by atoms with Crippen molar-refractivity contribution in [2.75, 3.05) is 7.11 Å². The van der Waals surface area contributed by atoms with Gasteiger partial charge < -0.3 is 10.5 Å². The summed E-state index contributed by atoms with van der Waals surface area (Å²) in [5.74, 6) is 0.118. The molecule has 1 aromatic heterocycles. The fourth-order valence-electron chi connectivity index (χ4n) is 3.42. The van der Waals surface area contributed by atoms with Crippen LogP contribution in [0, 0.1) is 12.8 Å². The quantitative estimate of drug-likeness (QED) is 0.538. The molecule has 29 heavy (non-hydrogen) atoms. The van der Waals surface area contributed by atoms with Gasteiger partial charge in [0.15, 0.2) is 0 Å². The van der Waals surface area contributed by atoms with Crippen LogP contribution >= 0.6 is 24.8 Å². The van der Waals surface area contributed by atoms with Gasteiger partial charge in [-0.25, -0.2) is 4.79 Å². The zero-order chi connectivity index (χ0) is 19.6. The minimum absolute atomic E-state index is 0. The van der Waals surface area contributed by atoms with Crippen LogP contribution in [-0.4, -0.2) is 18.1 Å². The monoisotopic (exact) mass is 434 g/mol. The molecule has 0 aliphatic heterocycles. The topological polar surface area (TPSA) is 65.2 Å². The van der Waals surface area contributed by atoms with E-state index in [1.807, 2.05) is 12.1 Å². The number of fused-ring (bicyclic) bond motifs is 1. The van der Waals surface area contributed by atoms with E-state index < -0.39 is 0 Å². The molecule has 0 fully saturated rings. The minimum atomic E-state index is -0.354. The van der Waals surface area contributed by atoms with Crippen LogP contribution < -0.4 is 5.73 Å². The molecular weight excluding hydrogens is 407 g/mol. The number of hydrogen-bond acceptors (Lipinski definition) is 4. The predicted molar refractivity (Wildman–Crippen MR) is 124 cm³/mol. The summed E-state index contributed by atoms with van der Waals surface area (Å²) in [6, 6.07) is 13.9. The Labute approximate surface area is 184 Å². The maximum Gasteiger partial charge on any atom is 0.337 e. The molecule has 0 bridgehead atoms. The molecule has 0 aliphatic rings. The van der Waals surface area contributed by atoms with Crippen LogP contribution in [0.5, 0.6) is 0 Å². The molecule has 1 heterocycles. The number of methoxy groups -OCH3 is 1. The average Bonchev–Trinajstić information content (AvgIpc) is 2.66. The Morgan fingerprint density at radius 3 is 2.31 bits per heavy atom. The lowest BCUT2D eigenvalue weighted by atomic mass is 9.90.